The molecule has 1 aromatic heterocycles. The minimum Gasteiger partial charge on any atom is -0.481 e. The molecule has 37 heavy (non-hydrogen) atoms. The molecule has 0 radical (unpaired) electrons. The largest absolute Gasteiger partial charge is 0.481 e. The van der Waals surface area contributed by atoms with Crippen molar-refractivity contribution in [1.29, 1.82) is 0 Å². The van der Waals surface area contributed by atoms with Gasteiger partial charge in [-0.3, -0.25) is 9.59 Å². The first-order valence-electron chi connectivity index (χ1n) is 12.3. The monoisotopic (exact) mass is 511 g/mol. The number of aliphatic hydroxyl groups is 2. The number of carboxylic acid groups (broad SMARTS) is 1. The third kappa shape index (κ3) is 7.47. The summed E-state index contributed by atoms with van der Waals surface area (Å²) in [5, 5.41) is 36.8. The minimum absolute atomic E-state index is 0.0850. The first-order chi connectivity index (χ1) is 17.6. The van der Waals surface area contributed by atoms with E-state index in [2.05, 4.69) is 10.4 Å². The summed E-state index contributed by atoms with van der Waals surface area (Å²) in [5.41, 5.74) is 4.27. The van der Waals surface area contributed by atoms with E-state index >= 15 is 0 Å². The van der Waals surface area contributed by atoms with Crippen molar-refractivity contribution < 1.29 is 29.3 Å². The van der Waals surface area contributed by atoms with Gasteiger partial charge in [-0.05, 0) is 67.5 Å². The Kier molecular flexibility index (Phi) is 9.54. The summed E-state index contributed by atoms with van der Waals surface area (Å²) in [4.78, 5) is 24.1. The summed E-state index contributed by atoms with van der Waals surface area (Å²) in [7, 11) is 0. The topological polar surface area (TPSA) is 125 Å². The highest BCUT2D eigenvalue weighted by atomic mass is 19.1. The fourth-order valence-corrected chi connectivity index (χ4v) is 4.36. The average Bonchev–Trinajstić information content (AvgIpc) is 3.22. The lowest BCUT2D eigenvalue weighted by molar-refractivity contribution is -0.139. The normalized spacial score (nSPS) is 12.9. The highest BCUT2D eigenvalue weighted by Gasteiger charge is 2.26. The number of hydrogen-bond acceptors (Lipinski definition) is 5. The molecule has 8 nitrogen and oxygen atoms in total. The van der Waals surface area contributed by atoms with Gasteiger partial charge in [0, 0.05) is 17.8 Å². The Morgan fingerprint density at radius 3 is 2.35 bits per heavy atom. The van der Waals surface area contributed by atoms with E-state index in [1.807, 2.05) is 45.0 Å². The summed E-state index contributed by atoms with van der Waals surface area (Å²) in [6.45, 7) is 6.20. The summed E-state index contributed by atoms with van der Waals surface area (Å²) in [6, 6.07) is 13.5. The second-order valence-electron chi connectivity index (χ2n) is 9.54. The van der Waals surface area contributed by atoms with Crippen LogP contribution in [0.1, 0.15) is 71.9 Å². The Morgan fingerprint density at radius 1 is 1.05 bits per heavy atom. The van der Waals surface area contributed by atoms with Crippen LogP contribution in [-0.4, -0.2) is 49.2 Å². The van der Waals surface area contributed by atoms with Crippen LogP contribution in [0.15, 0.2) is 48.5 Å². The standard InChI is InChI=1S/C28H34FN3O5/c1-17(2)26-24(13-12-22(33)14-23(34)15-25(35)36)32(21-10-8-20(29)9-11-21)31-27(26)28(37)30-16-19-7-5-4-6-18(19)3/h4-11,17,22-23,33-34H,12-16H2,1-3H3,(H,30,37)(H,35,36). The second-order valence-corrected chi connectivity index (χ2v) is 9.54. The van der Waals surface area contributed by atoms with Crippen LogP contribution in [0, 0.1) is 12.7 Å². The molecule has 0 saturated carbocycles. The molecule has 4 N–H and O–H groups in total. The van der Waals surface area contributed by atoms with Gasteiger partial charge in [-0.2, -0.15) is 5.10 Å². The highest BCUT2D eigenvalue weighted by Crippen LogP contribution is 2.28. The van der Waals surface area contributed by atoms with Crippen molar-refractivity contribution in [2.75, 3.05) is 0 Å². The van der Waals surface area contributed by atoms with Gasteiger partial charge in [-0.1, -0.05) is 38.1 Å². The van der Waals surface area contributed by atoms with Gasteiger partial charge in [-0.25, -0.2) is 9.07 Å². The van der Waals surface area contributed by atoms with Gasteiger partial charge in [0.25, 0.3) is 5.91 Å². The molecule has 2 atom stereocenters. The molecule has 2 unspecified atom stereocenters. The molecule has 0 fully saturated rings. The van der Waals surface area contributed by atoms with E-state index in [9.17, 15) is 24.2 Å². The van der Waals surface area contributed by atoms with Gasteiger partial charge < -0.3 is 20.6 Å². The summed E-state index contributed by atoms with van der Waals surface area (Å²) >= 11 is 0. The molecule has 0 aliphatic rings. The van der Waals surface area contributed by atoms with Gasteiger partial charge in [0.1, 0.15) is 5.82 Å². The summed E-state index contributed by atoms with van der Waals surface area (Å²) in [6.07, 6.45) is -2.13. The van der Waals surface area contributed by atoms with Crippen molar-refractivity contribution in [1.82, 2.24) is 15.1 Å². The molecule has 0 aliphatic carbocycles. The number of carboxylic acids is 1. The van der Waals surface area contributed by atoms with Crippen molar-refractivity contribution in [3.05, 3.63) is 82.4 Å². The predicted molar refractivity (Wildman–Crippen MR) is 137 cm³/mol. The number of aliphatic hydroxyl groups excluding tert-OH is 2. The van der Waals surface area contributed by atoms with Gasteiger partial charge in [0.15, 0.2) is 5.69 Å². The Bertz CT molecular complexity index is 1220. The molecule has 0 aliphatic heterocycles. The maximum Gasteiger partial charge on any atom is 0.305 e. The van der Waals surface area contributed by atoms with E-state index < -0.39 is 30.4 Å². The maximum absolute atomic E-state index is 13.6. The number of nitrogens with zero attached hydrogens (tertiary/aromatic N) is 2. The average molecular weight is 512 g/mol. The molecule has 0 bridgehead atoms. The van der Waals surface area contributed by atoms with E-state index in [0.29, 0.717) is 29.9 Å². The molecule has 3 rings (SSSR count). The van der Waals surface area contributed by atoms with E-state index in [0.717, 1.165) is 11.1 Å². The summed E-state index contributed by atoms with van der Waals surface area (Å²) in [5.74, 6) is -1.97. The number of amides is 1. The molecular weight excluding hydrogens is 477 g/mol. The zero-order chi connectivity index (χ0) is 27.1. The third-order valence-electron chi connectivity index (χ3n) is 6.25. The van der Waals surface area contributed by atoms with Crippen molar-refractivity contribution in [2.45, 2.75) is 71.1 Å². The second kappa shape index (κ2) is 12.6. The number of rotatable bonds is 12. The molecule has 3 aromatic rings. The Hall–Kier alpha value is -3.56. The van der Waals surface area contributed by atoms with Crippen LogP contribution in [0.25, 0.3) is 5.69 Å². The quantitative estimate of drug-likeness (QED) is 0.292. The molecule has 9 heteroatoms. The first kappa shape index (κ1) is 28.0. The lowest BCUT2D eigenvalue weighted by atomic mass is 9.95. The molecule has 1 heterocycles. The number of aromatic nitrogens is 2. The molecular formula is C28H34FN3O5. The van der Waals surface area contributed by atoms with Crippen LogP contribution >= 0.6 is 0 Å². The number of hydrogen-bond donors (Lipinski definition) is 4. The van der Waals surface area contributed by atoms with Gasteiger partial charge in [0.05, 0.1) is 24.3 Å². The molecule has 2 aromatic carbocycles. The number of carbonyl (C=O) groups is 2. The van der Waals surface area contributed by atoms with Crippen LogP contribution in [0.4, 0.5) is 4.39 Å². The number of nitrogens with one attached hydrogen (secondary N) is 1. The number of carbonyl (C=O) groups excluding carboxylic acids is 1. The molecule has 1 amide bonds. The van der Waals surface area contributed by atoms with Crippen LogP contribution in [0.2, 0.25) is 0 Å². The van der Waals surface area contributed by atoms with Crippen LogP contribution < -0.4 is 5.32 Å². The lowest BCUT2D eigenvalue weighted by Crippen LogP contribution is -2.25. The van der Waals surface area contributed by atoms with Crippen molar-refractivity contribution >= 4 is 11.9 Å². The van der Waals surface area contributed by atoms with Crippen LogP contribution in [0.3, 0.4) is 0 Å². The Labute approximate surface area is 215 Å². The molecule has 0 saturated heterocycles. The minimum atomic E-state index is -1.16. The van der Waals surface area contributed by atoms with Crippen molar-refractivity contribution in [3.8, 4) is 5.69 Å². The van der Waals surface area contributed by atoms with Crippen LogP contribution in [-0.2, 0) is 17.8 Å². The smallest absolute Gasteiger partial charge is 0.305 e. The van der Waals surface area contributed by atoms with E-state index in [1.54, 1.807) is 16.8 Å². The summed E-state index contributed by atoms with van der Waals surface area (Å²) < 4.78 is 15.2. The first-order valence-corrected chi connectivity index (χ1v) is 12.3. The third-order valence-corrected chi connectivity index (χ3v) is 6.25. The van der Waals surface area contributed by atoms with Gasteiger partial charge >= 0.3 is 5.97 Å². The van der Waals surface area contributed by atoms with E-state index in [4.69, 9.17) is 5.11 Å². The fraction of sp³-hybridized carbons (Fsp3) is 0.393. The zero-order valence-electron chi connectivity index (χ0n) is 21.3. The molecule has 0 spiro atoms. The zero-order valence-corrected chi connectivity index (χ0v) is 21.3. The SMILES string of the molecule is Cc1ccccc1CNC(=O)c1nn(-c2ccc(F)cc2)c(CCC(O)CC(O)CC(=O)O)c1C(C)C. The predicted octanol–water partition coefficient (Wildman–Crippen LogP) is 3.89. The number of benzene rings is 2. The number of aryl methyl sites for hydroxylation is 1. The van der Waals surface area contributed by atoms with Crippen molar-refractivity contribution in [2.24, 2.45) is 0 Å². The van der Waals surface area contributed by atoms with Crippen molar-refractivity contribution in [3.63, 3.8) is 0 Å². The number of halogens is 1. The van der Waals surface area contributed by atoms with Crippen LogP contribution in [0.5, 0.6) is 0 Å². The lowest BCUT2D eigenvalue weighted by Gasteiger charge is -2.16. The fourth-order valence-electron chi connectivity index (χ4n) is 4.36. The highest BCUT2D eigenvalue weighted by molar-refractivity contribution is 5.94. The van der Waals surface area contributed by atoms with Gasteiger partial charge in [0.2, 0.25) is 0 Å². The Morgan fingerprint density at radius 2 is 1.73 bits per heavy atom. The maximum atomic E-state index is 13.6. The number of aliphatic carboxylic acids is 1. The van der Waals surface area contributed by atoms with Gasteiger partial charge in [-0.15, -0.1) is 0 Å². The Balaban J connectivity index is 1.91. The molecule has 198 valence electrons. The van der Waals surface area contributed by atoms with E-state index in [1.165, 1.54) is 12.1 Å². The van der Waals surface area contributed by atoms with E-state index in [-0.39, 0.29) is 30.4 Å².